The maximum Gasteiger partial charge on any atom is 0.130 e. The van der Waals surface area contributed by atoms with Gasteiger partial charge in [0.05, 0.1) is 0 Å². The molecule has 0 atom stereocenters. The molecule has 2 aromatic rings. The Kier molecular flexibility index (Phi) is 3.22. The van der Waals surface area contributed by atoms with Gasteiger partial charge in [0.25, 0.3) is 0 Å². The van der Waals surface area contributed by atoms with Crippen LogP contribution in [0.4, 0.5) is 0 Å². The number of benzene rings is 1. The van der Waals surface area contributed by atoms with Gasteiger partial charge in [0.2, 0.25) is 0 Å². The molecule has 0 radical (unpaired) electrons. The summed E-state index contributed by atoms with van der Waals surface area (Å²) in [7, 11) is 3.75. The van der Waals surface area contributed by atoms with Crippen molar-refractivity contribution in [2.45, 2.75) is 0 Å². The molecule has 0 saturated carbocycles. The summed E-state index contributed by atoms with van der Waals surface area (Å²) in [6, 6.07) is 7.19. The van der Waals surface area contributed by atoms with Crippen molar-refractivity contribution in [1.82, 2.24) is 20.5 Å². The third-order valence-corrected chi connectivity index (χ3v) is 1.33. The summed E-state index contributed by atoms with van der Waals surface area (Å²) in [6.07, 6.45) is 0. The predicted octanol–water partition coefficient (Wildman–Crippen LogP) is 0.504. The fraction of sp³-hybridized carbons (Fsp3) is 0.250. The van der Waals surface area contributed by atoms with Crippen LogP contribution in [0.5, 0.6) is 0 Å². The Morgan fingerprint density at radius 3 is 2.54 bits per heavy atom. The van der Waals surface area contributed by atoms with E-state index in [0.717, 1.165) is 4.85 Å². The maximum absolute atomic E-state index is 8.95. The molecule has 0 aliphatic carbocycles. The van der Waals surface area contributed by atoms with Gasteiger partial charge < -0.3 is 10.5 Å². The maximum atomic E-state index is 8.95. The van der Waals surface area contributed by atoms with E-state index in [1.54, 1.807) is 12.1 Å². The van der Waals surface area contributed by atoms with E-state index in [9.17, 15) is 0 Å². The highest BCUT2D eigenvalue weighted by Gasteiger charge is 1.98. The lowest BCUT2D eigenvalue weighted by Gasteiger charge is -1.85. The van der Waals surface area contributed by atoms with Crippen molar-refractivity contribution in [2.75, 3.05) is 14.1 Å². The molecule has 0 aliphatic rings. The van der Waals surface area contributed by atoms with Gasteiger partial charge in [0.15, 0.2) is 0 Å². The Labute approximate surface area is 75.9 Å². The molecule has 5 nitrogen and oxygen atoms in total. The van der Waals surface area contributed by atoms with Gasteiger partial charge >= 0.3 is 0 Å². The fourth-order valence-electron chi connectivity index (χ4n) is 0.857. The van der Waals surface area contributed by atoms with E-state index in [1.807, 2.05) is 26.2 Å². The Morgan fingerprint density at radius 2 is 1.92 bits per heavy atom. The van der Waals surface area contributed by atoms with Gasteiger partial charge in [-0.3, -0.25) is 0 Å². The van der Waals surface area contributed by atoms with E-state index >= 15 is 0 Å². The van der Waals surface area contributed by atoms with Crippen molar-refractivity contribution in [2.24, 2.45) is 0 Å². The summed E-state index contributed by atoms with van der Waals surface area (Å²) in [5.74, 6) is 0. The number of para-hydroxylation sites is 1. The van der Waals surface area contributed by atoms with Crippen LogP contribution < -0.4 is 5.32 Å². The average Bonchev–Trinajstić information content (AvgIpc) is 2.50. The van der Waals surface area contributed by atoms with E-state index in [0.29, 0.717) is 11.0 Å². The summed E-state index contributed by atoms with van der Waals surface area (Å²) in [6.45, 7) is 0. The van der Waals surface area contributed by atoms with Gasteiger partial charge in [-0.15, -0.1) is 5.10 Å². The molecule has 0 aliphatic heterocycles. The monoisotopic (exact) mass is 180 g/mol. The summed E-state index contributed by atoms with van der Waals surface area (Å²) in [4.78, 5) is 0.759. The molecule has 2 N–H and O–H groups in total. The van der Waals surface area contributed by atoms with Gasteiger partial charge in [-0.2, -0.15) is 0 Å². The third-order valence-electron chi connectivity index (χ3n) is 1.33. The van der Waals surface area contributed by atoms with E-state index in [2.05, 4.69) is 15.6 Å². The second-order valence-corrected chi connectivity index (χ2v) is 2.47. The smallest absolute Gasteiger partial charge is 0.130 e. The summed E-state index contributed by atoms with van der Waals surface area (Å²) >= 11 is 0. The second-order valence-electron chi connectivity index (χ2n) is 2.47. The van der Waals surface area contributed by atoms with Crippen LogP contribution >= 0.6 is 0 Å². The highest BCUT2D eigenvalue weighted by molar-refractivity contribution is 5.73. The number of hydrogen-bond acceptors (Lipinski definition) is 4. The zero-order valence-corrected chi connectivity index (χ0v) is 7.60. The average molecular weight is 180 g/mol. The highest BCUT2D eigenvalue weighted by Crippen LogP contribution is 2.06. The largest absolute Gasteiger partial charge is 0.410 e. The van der Waals surface area contributed by atoms with Crippen LogP contribution in [0.15, 0.2) is 24.3 Å². The van der Waals surface area contributed by atoms with Crippen molar-refractivity contribution < 1.29 is 5.21 Å². The SMILES string of the molecule is CNC.On1nnc2ccccc21. The van der Waals surface area contributed by atoms with Crippen LogP contribution in [-0.4, -0.2) is 34.5 Å². The molecule has 1 aromatic carbocycles. The van der Waals surface area contributed by atoms with E-state index in [-0.39, 0.29) is 0 Å². The van der Waals surface area contributed by atoms with E-state index in [1.165, 1.54) is 0 Å². The van der Waals surface area contributed by atoms with Crippen LogP contribution in [0.1, 0.15) is 0 Å². The van der Waals surface area contributed by atoms with Crippen molar-refractivity contribution in [3.8, 4) is 0 Å². The molecule has 5 heteroatoms. The van der Waals surface area contributed by atoms with Crippen molar-refractivity contribution in [3.63, 3.8) is 0 Å². The van der Waals surface area contributed by atoms with Gasteiger partial charge in [-0.05, 0) is 31.4 Å². The second kappa shape index (κ2) is 4.42. The van der Waals surface area contributed by atoms with E-state index in [4.69, 9.17) is 5.21 Å². The molecule has 0 fully saturated rings. The lowest BCUT2D eigenvalue weighted by Crippen LogP contribution is -1.90. The topological polar surface area (TPSA) is 63.0 Å². The molecule has 1 heterocycles. The lowest BCUT2D eigenvalue weighted by atomic mass is 10.3. The van der Waals surface area contributed by atoms with Crippen molar-refractivity contribution >= 4 is 11.0 Å². The van der Waals surface area contributed by atoms with Gasteiger partial charge in [-0.1, -0.05) is 17.0 Å². The molecule has 1 aromatic heterocycles. The molecule has 13 heavy (non-hydrogen) atoms. The first kappa shape index (κ1) is 9.47. The van der Waals surface area contributed by atoms with Crippen LogP contribution in [0, 0.1) is 0 Å². The quantitative estimate of drug-likeness (QED) is 0.580. The molecule has 0 spiro atoms. The number of fused-ring (bicyclic) bond motifs is 1. The van der Waals surface area contributed by atoms with Crippen LogP contribution in [0.2, 0.25) is 0 Å². The van der Waals surface area contributed by atoms with Crippen LogP contribution in [0.25, 0.3) is 11.0 Å². The minimum Gasteiger partial charge on any atom is -0.410 e. The minimum absolute atomic E-state index is 0.627. The Balaban J connectivity index is 0.000000251. The first-order chi connectivity index (χ1) is 6.29. The zero-order chi connectivity index (χ0) is 9.68. The van der Waals surface area contributed by atoms with Gasteiger partial charge in [0.1, 0.15) is 11.0 Å². The number of nitrogens with zero attached hydrogens (tertiary/aromatic N) is 3. The lowest BCUT2D eigenvalue weighted by molar-refractivity contribution is 0.155. The van der Waals surface area contributed by atoms with Crippen LogP contribution in [-0.2, 0) is 0 Å². The number of aromatic nitrogens is 3. The number of rotatable bonds is 0. The molecule has 70 valence electrons. The van der Waals surface area contributed by atoms with Gasteiger partial charge in [0, 0.05) is 0 Å². The van der Waals surface area contributed by atoms with E-state index < -0.39 is 0 Å². The standard InChI is InChI=1S/C6H5N3O.C2H7N/c10-9-6-4-2-1-3-5(6)7-8-9;1-3-2/h1-4,10H;3H,1-2H3. The zero-order valence-electron chi connectivity index (χ0n) is 7.60. The first-order valence-corrected chi connectivity index (χ1v) is 3.87. The number of hydrogen-bond donors (Lipinski definition) is 2. The molecular formula is C8H12N4O. The van der Waals surface area contributed by atoms with Crippen molar-refractivity contribution in [3.05, 3.63) is 24.3 Å². The molecule has 0 amide bonds. The molecule has 0 saturated heterocycles. The molecule has 0 bridgehead atoms. The molecule has 2 rings (SSSR count). The highest BCUT2D eigenvalue weighted by atomic mass is 16.5. The summed E-state index contributed by atoms with van der Waals surface area (Å²) in [5.41, 5.74) is 1.33. The Morgan fingerprint density at radius 1 is 1.31 bits per heavy atom. The molecular weight excluding hydrogens is 168 g/mol. The Bertz CT molecular complexity index is 371. The predicted molar refractivity (Wildman–Crippen MR) is 49.7 cm³/mol. The minimum atomic E-state index is 0.627. The number of nitrogens with one attached hydrogen (secondary N) is 1. The first-order valence-electron chi connectivity index (χ1n) is 3.87. The molecule has 0 unspecified atom stereocenters. The third kappa shape index (κ3) is 2.16. The fourth-order valence-corrected chi connectivity index (χ4v) is 0.857. The Hall–Kier alpha value is -1.62. The van der Waals surface area contributed by atoms with Crippen LogP contribution in [0.3, 0.4) is 0 Å². The van der Waals surface area contributed by atoms with Gasteiger partial charge in [-0.25, -0.2) is 0 Å². The van der Waals surface area contributed by atoms with Crippen molar-refractivity contribution in [1.29, 1.82) is 0 Å². The summed E-state index contributed by atoms with van der Waals surface area (Å²) < 4.78 is 0. The summed E-state index contributed by atoms with van der Waals surface area (Å²) in [5, 5.41) is 18.8. The normalized spacial score (nSPS) is 9.38.